The SMILES string of the molecule is [C-]#[N+]c1c(C#N)c(-c2cccnc2)c2nsnc2c1-c1cccnc1. The van der Waals surface area contributed by atoms with Crippen LogP contribution in [0.5, 0.6) is 0 Å². The molecule has 0 aliphatic rings. The molecule has 4 rings (SSSR count). The number of nitriles is 1. The van der Waals surface area contributed by atoms with Crippen molar-refractivity contribution in [3.8, 4) is 28.3 Å². The minimum atomic E-state index is 0.259. The van der Waals surface area contributed by atoms with Gasteiger partial charge in [0.2, 0.25) is 5.69 Å². The summed E-state index contributed by atoms with van der Waals surface area (Å²) < 4.78 is 8.79. The molecule has 0 atom stereocenters. The molecule has 0 unspecified atom stereocenters. The zero-order chi connectivity index (χ0) is 17.2. The van der Waals surface area contributed by atoms with Crippen LogP contribution in [0.15, 0.2) is 49.1 Å². The number of hydrogen-bond donors (Lipinski definition) is 0. The molecule has 0 amide bonds. The predicted octanol–water partition coefficient (Wildman–Crippen LogP) is 4.24. The fourth-order valence-corrected chi connectivity index (χ4v) is 3.35. The van der Waals surface area contributed by atoms with Crippen LogP contribution in [0.1, 0.15) is 5.56 Å². The van der Waals surface area contributed by atoms with Crippen molar-refractivity contribution in [2.45, 2.75) is 0 Å². The Hall–Kier alpha value is -3.68. The molecule has 0 saturated heterocycles. The van der Waals surface area contributed by atoms with Gasteiger partial charge in [-0.05, 0) is 17.7 Å². The summed E-state index contributed by atoms with van der Waals surface area (Å²) in [6, 6.07) is 9.45. The molecule has 0 spiro atoms. The van der Waals surface area contributed by atoms with Gasteiger partial charge >= 0.3 is 0 Å². The first-order chi connectivity index (χ1) is 12.3. The van der Waals surface area contributed by atoms with Crippen molar-refractivity contribution >= 4 is 28.4 Å². The zero-order valence-electron chi connectivity index (χ0n) is 12.7. The van der Waals surface area contributed by atoms with Crippen LogP contribution in [0.4, 0.5) is 5.69 Å². The van der Waals surface area contributed by atoms with Gasteiger partial charge in [-0.3, -0.25) is 9.97 Å². The standard InChI is InChI=1S/C18H8N6S/c1-20-16-13(8-19)14(11-4-2-6-21-9-11)17-18(24-25-23-17)15(16)12-5-3-7-22-10-12/h2-7,9-10H. The average Bonchev–Trinajstić information content (AvgIpc) is 3.16. The van der Waals surface area contributed by atoms with E-state index in [1.165, 1.54) is 0 Å². The van der Waals surface area contributed by atoms with Crippen LogP contribution in [-0.2, 0) is 0 Å². The van der Waals surface area contributed by atoms with Crippen LogP contribution in [-0.4, -0.2) is 18.7 Å². The van der Waals surface area contributed by atoms with E-state index < -0.39 is 0 Å². The Morgan fingerprint density at radius 2 is 1.56 bits per heavy atom. The van der Waals surface area contributed by atoms with Crippen molar-refractivity contribution < 1.29 is 0 Å². The average molecular weight is 340 g/mol. The molecule has 0 fully saturated rings. The van der Waals surface area contributed by atoms with E-state index in [1.807, 2.05) is 12.1 Å². The predicted molar refractivity (Wildman–Crippen MR) is 94.9 cm³/mol. The zero-order valence-corrected chi connectivity index (χ0v) is 13.5. The lowest BCUT2D eigenvalue weighted by molar-refractivity contribution is 1.32. The number of pyridine rings is 2. The molecule has 116 valence electrons. The largest absolute Gasteiger partial charge is 0.264 e. The van der Waals surface area contributed by atoms with Crippen molar-refractivity contribution in [1.29, 1.82) is 5.26 Å². The van der Waals surface area contributed by atoms with E-state index in [4.69, 9.17) is 6.57 Å². The summed E-state index contributed by atoms with van der Waals surface area (Å²) in [5.74, 6) is 0. The lowest BCUT2D eigenvalue weighted by Gasteiger charge is -2.12. The second-order valence-electron chi connectivity index (χ2n) is 5.14. The number of hydrogen-bond acceptors (Lipinski definition) is 6. The van der Waals surface area contributed by atoms with E-state index >= 15 is 0 Å². The molecule has 0 saturated carbocycles. The number of aromatic nitrogens is 4. The van der Waals surface area contributed by atoms with E-state index in [2.05, 4.69) is 29.6 Å². The van der Waals surface area contributed by atoms with Gasteiger partial charge in [0.1, 0.15) is 11.0 Å². The van der Waals surface area contributed by atoms with Crippen LogP contribution in [0.25, 0.3) is 38.1 Å². The van der Waals surface area contributed by atoms with Gasteiger partial charge in [0.15, 0.2) is 0 Å². The molecule has 0 N–H and O–H groups in total. The molecule has 7 heteroatoms. The van der Waals surface area contributed by atoms with Crippen LogP contribution in [0, 0.1) is 17.9 Å². The molecular weight excluding hydrogens is 332 g/mol. The van der Waals surface area contributed by atoms with E-state index in [0.29, 0.717) is 22.2 Å². The molecule has 0 radical (unpaired) electrons. The Morgan fingerprint density at radius 3 is 2.08 bits per heavy atom. The highest BCUT2D eigenvalue weighted by Gasteiger charge is 2.24. The van der Waals surface area contributed by atoms with Crippen LogP contribution < -0.4 is 0 Å². The quantitative estimate of drug-likeness (QED) is 0.510. The maximum atomic E-state index is 9.79. The number of nitrogens with zero attached hydrogens (tertiary/aromatic N) is 6. The molecule has 6 nitrogen and oxygen atoms in total. The first kappa shape index (κ1) is 14.9. The van der Waals surface area contributed by atoms with Crippen LogP contribution >= 0.6 is 11.7 Å². The van der Waals surface area contributed by atoms with Crippen molar-refractivity contribution in [1.82, 2.24) is 18.7 Å². The number of rotatable bonds is 2. The first-order valence-corrected chi connectivity index (χ1v) is 7.98. The summed E-state index contributed by atoms with van der Waals surface area (Å²) in [7, 11) is 0. The van der Waals surface area contributed by atoms with Crippen molar-refractivity contribution in [2.75, 3.05) is 0 Å². The summed E-state index contributed by atoms with van der Waals surface area (Å²) in [6.07, 6.45) is 6.64. The number of benzene rings is 1. The van der Waals surface area contributed by atoms with Crippen molar-refractivity contribution in [2.24, 2.45) is 0 Å². The summed E-state index contributed by atoms with van der Waals surface area (Å²) in [4.78, 5) is 11.9. The van der Waals surface area contributed by atoms with Gasteiger partial charge in [-0.2, -0.15) is 14.0 Å². The Labute approximate surface area is 147 Å². The highest BCUT2D eigenvalue weighted by atomic mass is 32.1. The molecule has 3 heterocycles. The summed E-state index contributed by atoms with van der Waals surface area (Å²) in [5.41, 5.74) is 4.40. The van der Waals surface area contributed by atoms with E-state index in [9.17, 15) is 5.26 Å². The highest BCUT2D eigenvalue weighted by Crippen LogP contribution is 2.44. The number of fused-ring (bicyclic) bond motifs is 1. The van der Waals surface area contributed by atoms with E-state index in [-0.39, 0.29) is 11.3 Å². The second-order valence-corrected chi connectivity index (χ2v) is 5.67. The molecule has 4 aromatic rings. The second kappa shape index (κ2) is 6.08. The molecule has 0 aliphatic heterocycles. The molecule has 1 aromatic carbocycles. The van der Waals surface area contributed by atoms with Gasteiger partial charge in [0, 0.05) is 41.5 Å². The van der Waals surface area contributed by atoms with Crippen molar-refractivity contribution in [3.05, 3.63) is 66.0 Å². The third kappa shape index (κ3) is 2.31. The van der Waals surface area contributed by atoms with Gasteiger partial charge < -0.3 is 0 Å². The van der Waals surface area contributed by atoms with Gasteiger partial charge in [-0.1, -0.05) is 12.1 Å². The van der Waals surface area contributed by atoms with Gasteiger partial charge in [-0.25, -0.2) is 4.85 Å². The Bertz CT molecular complexity index is 1060. The lowest BCUT2D eigenvalue weighted by Crippen LogP contribution is -1.93. The fourth-order valence-electron chi connectivity index (χ4n) is 2.79. The molecule has 0 bridgehead atoms. The molecule has 3 aromatic heterocycles. The Kier molecular flexibility index (Phi) is 3.62. The lowest BCUT2D eigenvalue weighted by atomic mass is 9.92. The van der Waals surface area contributed by atoms with Crippen LogP contribution in [0.2, 0.25) is 0 Å². The molecular formula is C18H8N6S. The summed E-state index contributed by atoms with van der Waals surface area (Å²) >= 11 is 1.06. The topological polar surface area (TPSA) is 79.7 Å². The van der Waals surface area contributed by atoms with Gasteiger partial charge in [-0.15, -0.1) is 0 Å². The summed E-state index contributed by atoms with van der Waals surface area (Å²) in [5, 5.41) is 9.79. The minimum absolute atomic E-state index is 0.259. The third-order valence-electron chi connectivity index (χ3n) is 3.81. The fraction of sp³-hybridized carbons (Fsp3) is 0. The maximum Gasteiger partial charge on any atom is 0.215 e. The minimum Gasteiger partial charge on any atom is -0.264 e. The molecule has 0 aliphatic carbocycles. The van der Waals surface area contributed by atoms with Crippen molar-refractivity contribution in [3.63, 3.8) is 0 Å². The smallest absolute Gasteiger partial charge is 0.215 e. The third-order valence-corrected chi connectivity index (χ3v) is 4.34. The van der Waals surface area contributed by atoms with E-state index in [0.717, 1.165) is 22.9 Å². The van der Waals surface area contributed by atoms with E-state index in [1.54, 1.807) is 36.9 Å². The summed E-state index contributed by atoms with van der Waals surface area (Å²) in [6.45, 7) is 7.66. The van der Waals surface area contributed by atoms with Gasteiger partial charge in [0.05, 0.1) is 29.9 Å². The normalized spacial score (nSPS) is 10.3. The van der Waals surface area contributed by atoms with Gasteiger partial charge in [0.25, 0.3) is 0 Å². The highest BCUT2D eigenvalue weighted by molar-refractivity contribution is 7.00. The monoisotopic (exact) mass is 340 g/mol. The Balaban J connectivity index is 2.20. The maximum absolute atomic E-state index is 9.79. The molecule has 25 heavy (non-hydrogen) atoms. The first-order valence-electron chi connectivity index (χ1n) is 7.25. The Morgan fingerprint density at radius 1 is 0.960 bits per heavy atom. The van der Waals surface area contributed by atoms with Crippen LogP contribution in [0.3, 0.4) is 0 Å².